The van der Waals surface area contributed by atoms with E-state index in [1.165, 1.54) is 12.8 Å². The molecular formula is C15H27NO2. The highest BCUT2D eigenvalue weighted by Crippen LogP contribution is 2.45. The van der Waals surface area contributed by atoms with Crippen molar-refractivity contribution in [2.24, 2.45) is 11.3 Å². The molecule has 3 heteroatoms. The number of amides is 1. The van der Waals surface area contributed by atoms with E-state index in [1.54, 1.807) is 0 Å². The lowest BCUT2D eigenvalue weighted by Crippen LogP contribution is -2.46. The van der Waals surface area contributed by atoms with E-state index in [9.17, 15) is 9.90 Å². The van der Waals surface area contributed by atoms with Crippen molar-refractivity contribution in [1.82, 2.24) is 4.90 Å². The molecule has 1 N–H and O–H groups in total. The van der Waals surface area contributed by atoms with Gasteiger partial charge in [0.15, 0.2) is 0 Å². The highest BCUT2D eigenvalue weighted by atomic mass is 16.3. The number of hydrogen-bond donors (Lipinski definition) is 1. The van der Waals surface area contributed by atoms with Crippen LogP contribution in [0.25, 0.3) is 0 Å². The van der Waals surface area contributed by atoms with Crippen LogP contribution < -0.4 is 0 Å². The summed E-state index contributed by atoms with van der Waals surface area (Å²) in [6, 6.07) is 0.0853. The lowest BCUT2D eigenvalue weighted by molar-refractivity contribution is -0.144. The molecule has 0 bridgehead atoms. The van der Waals surface area contributed by atoms with Crippen molar-refractivity contribution in [3.05, 3.63) is 0 Å². The number of carbonyl (C=O) groups is 1. The van der Waals surface area contributed by atoms with E-state index in [4.69, 9.17) is 0 Å². The molecule has 0 radical (unpaired) electrons. The minimum atomic E-state index is -0.105. The molecule has 104 valence electrons. The second-order valence-corrected chi connectivity index (χ2v) is 6.56. The second kappa shape index (κ2) is 5.60. The van der Waals surface area contributed by atoms with Gasteiger partial charge in [0.05, 0.1) is 12.6 Å². The van der Waals surface area contributed by atoms with Crippen LogP contribution in [0.15, 0.2) is 0 Å². The Kier molecular flexibility index (Phi) is 4.31. The SMILES string of the molecule is CC(C)CC1(C(=O)N2CCC[C@@H]2CO)CCCC1. The first kappa shape index (κ1) is 13.9. The maximum atomic E-state index is 12.9. The lowest BCUT2D eigenvalue weighted by atomic mass is 9.77. The minimum absolute atomic E-state index is 0.0853. The van der Waals surface area contributed by atoms with Crippen molar-refractivity contribution in [3.8, 4) is 0 Å². The molecule has 1 saturated heterocycles. The lowest BCUT2D eigenvalue weighted by Gasteiger charge is -2.36. The molecular weight excluding hydrogens is 226 g/mol. The van der Waals surface area contributed by atoms with Gasteiger partial charge in [0.2, 0.25) is 5.91 Å². The summed E-state index contributed by atoms with van der Waals surface area (Å²) in [6.07, 6.45) is 7.53. The van der Waals surface area contributed by atoms with Gasteiger partial charge in [0.25, 0.3) is 0 Å². The van der Waals surface area contributed by atoms with Crippen LogP contribution in [-0.2, 0) is 4.79 Å². The maximum absolute atomic E-state index is 12.9. The monoisotopic (exact) mass is 253 g/mol. The smallest absolute Gasteiger partial charge is 0.229 e. The molecule has 0 unspecified atom stereocenters. The summed E-state index contributed by atoms with van der Waals surface area (Å²) >= 11 is 0. The summed E-state index contributed by atoms with van der Waals surface area (Å²) in [5.74, 6) is 0.910. The highest BCUT2D eigenvalue weighted by molar-refractivity contribution is 5.83. The molecule has 2 aliphatic rings. The highest BCUT2D eigenvalue weighted by Gasteiger charge is 2.45. The molecule has 1 amide bonds. The Balaban J connectivity index is 2.13. The number of aliphatic hydroxyl groups is 1. The summed E-state index contributed by atoms with van der Waals surface area (Å²) in [6.45, 7) is 5.40. The van der Waals surface area contributed by atoms with Crippen molar-refractivity contribution in [3.63, 3.8) is 0 Å². The summed E-state index contributed by atoms with van der Waals surface area (Å²) in [7, 11) is 0. The molecule has 2 fully saturated rings. The summed E-state index contributed by atoms with van der Waals surface area (Å²) in [5, 5.41) is 9.40. The molecule has 1 atom stereocenters. The third kappa shape index (κ3) is 2.56. The summed E-state index contributed by atoms with van der Waals surface area (Å²) in [5.41, 5.74) is -0.105. The van der Waals surface area contributed by atoms with Crippen molar-refractivity contribution >= 4 is 5.91 Å². The van der Waals surface area contributed by atoms with Crippen LogP contribution >= 0.6 is 0 Å². The maximum Gasteiger partial charge on any atom is 0.229 e. The van der Waals surface area contributed by atoms with E-state index in [2.05, 4.69) is 13.8 Å². The van der Waals surface area contributed by atoms with Crippen LogP contribution in [0.5, 0.6) is 0 Å². The number of hydrogen-bond acceptors (Lipinski definition) is 2. The van der Waals surface area contributed by atoms with E-state index >= 15 is 0 Å². The fourth-order valence-electron chi connectivity index (χ4n) is 3.94. The van der Waals surface area contributed by atoms with Crippen molar-refractivity contribution in [2.75, 3.05) is 13.2 Å². The molecule has 1 aliphatic heterocycles. The average molecular weight is 253 g/mol. The fourth-order valence-corrected chi connectivity index (χ4v) is 3.94. The van der Waals surface area contributed by atoms with Crippen LogP contribution in [0.1, 0.15) is 58.8 Å². The van der Waals surface area contributed by atoms with E-state index in [0.717, 1.165) is 38.6 Å². The van der Waals surface area contributed by atoms with E-state index in [0.29, 0.717) is 11.8 Å². The predicted octanol–water partition coefficient (Wildman–Crippen LogP) is 2.58. The second-order valence-electron chi connectivity index (χ2n) is 6.56. The van der Waals surface area contributed by atoms with Gasteiger partial charge in [-0.25, -0.2) is 0 Å². The topological polar surface area (TPSA) is 40.5 Å². The molecule has 1 heterocycles. The predicted molar refractivity (Wildman–Crippen MR) is 72.2 cm³/mol. The summed E-state index contributed by atoms with van der Waals surface area (Å²) < 4.78 is 0. The van der Waals surface area contributed by atoms with Crippen LogP contribution in [0.3, 0.4) is 0 Å². The Morgan fingerprint density at radius 1 is 1.33 bits per heavy atom. The van der Waals surface area contributed by atoms with Gasteiger partial charge in [-0.2, -0.15) is 0 Å². The zero-order chi connectivity index (χ0) is 13.2. The van der Waals surface area contributed by atoms with E-state index in [1.807, 2.05) is 4.90 Å². The van der Waals surface area contributed by atoms with Gasteiger partial charge in [-0.3, -0.25) is 4.79 Å². The van der Waals surface area contributed by atoms with Gasteiger partial charge in [-0.05, 0) is 38.0 Å². The zero-order valence-corrected chi connectivity index (χ0v) is 11.8. The first-order valence-electron chi connectivity index (χ1n) is 7.51. The molecule has 2 rings (SSSR count). The van der Waals surface area contributed by atoms with Crippen LogP contribution in [0.4, 0.5) is 0 Å². The van der Waals surface area contributed by atoms with Crippen LogP contribution in [0.2, 0.25) is 0 Å². The third-order valence-electron chi connectivity index (χ3n) is 4.66. The molecule has 18 heavy (non-hydrogen) atoms. The first-order chi connectivity index (χ1) is 8.59. The minimum Gasteiger partial charge on any atom is -0.394 e. The molecule has 0 spiro atoms. The molecule has 0 aromatic heterocycles. The zero-order valence-electron chi connectivity index (χ0n) is 11.8. The van der Waals surface area contributed by atoms with E-state index in [-0.39, 0.29) is 18.1 Å². The number of rotatable bonds is 4. The Morgan fingerprint density at radius 3 is 2.56 bits per heavy atom. The van der Waals surface area contributed by atoms with Gasteiger partial charge in [0.1, 0.15) is 0 Å². The Hall–Kier alpha value is -0.570. The van der Waals surface area contributed by atoms with Crippen LogP contribution in [0, 0.1) is 11.3 Å². The molecule has 1 saturated carbocycles. The van der Waals surface area contributed by atoms with Crippen molar-refractivity contribution in [2.45, 2.75) is 64.8 Å². The van der Waals surface area contributed by atoms with Gasteiger partial charge in [-0.15, -0.1) is 0 Å². The number of aliphatic hydroxyl groups excluding tert-OH is 1. The number of carbonyl (C=O) groups excluding carboxylic acids is 1. The van der Waals surface area contributed by atoms with Crippen LogP contribution in [-0.4, -0.2) is 35.1 Å². The Bertz CT molecular complexity index is 295. The molecule has 0 aromatic rings. The molecule has 0 aromatic carbocycles. The number of likely N-dealkylation sites (tertiary alicyclic amines) is 1. The first-order valence-corrected chi connectivity index (χ1v) is 7.51. The Labute approximate surface area is 111 Å². The number of nitrogens with zero attached hydrogens (tertiary/aromatic N) is 1. The molecule has 3 nitrogen and oxygen atoms in total. The fraction of sp³-hybridized carbons (Fsp3) is 0.933. The van der Waals surface area contributed by atoms with Gasteiger partial charge >= 0.3 is 0 Å². The van der Waals surface area contributed by atoms with E-state index < -0.39 is 0 Å². The van der Waals surface area contributed by atoms with Gasteiger partial charge in [-0.1, -0.05) is 26.7 Å². The standard InChI is InChI=1S/C15H27NO2/c1-12(2)10-15(7-3-4-8-15)14(18)16-9-5-6-13(16)11-17/h12-13,17H,3-11H2,1-2H3/t13-/m1/s1. The normalized spacial score (nSPS) is 27.1. The quantitative estimate of drug-likeness (QED) is 0.836. The largest absolute Gasteiger partial charge is 0.394 e. The van der Waals surface area contributed by atoms with Crippen molar-refractivity contribution in [1.29, 1.82) is 0 Å². The third-order valence-corrected chi connectivity index (χ3v) is 4.66. The Morgan fingerprint density at radius 2 is 2.00 bits per heavy atom. The van der Waals surface area contributed by atoms with Crippen molar-refractivity contribution < 1.29 is 9.90 Å². The summed E-state index contributed by atoms with van der Waals surface area (Å²) in [4.78, 5) is 14.9. The van der Waals surface area contributed by atoms with Gasteiger partial charge in [0, 0.05) is 12.0 Å². The average Bonchev–Trinajstić information content (AvgIpc) is 2.95. The molecule has 1 aliphatic carbocycles. The van der Waals surface area contributed by atoms with Gasteiger partial charge < -0.3 is 10.0 Å².